The van der Waals surface area contributed by atoms with Gasteiger partial charge in [0, 0.05) is 11.6 Å². The van der Waals surface area contributed by atoms with Crippen LogP contribution in [0.4, 0.5) is 0 Å². The number of carboxylic acid groups (broad SMARTS) is 1. The third-order valence-corrected chi connectivity index (χ3v) is 5.23. The van der Waals surface area contributed by atoms with Crippen molar-refractivity contribution >= 4 is 5.97 Å². The number of rotatable bonds is 18. The minimum absolute atomic E-state index is 0.106. The Morgan fingerprint density at radius 1 is 0.862 bits per heavy atom. The molecular weight excluding hydrogens is 368 g/mol. The monoisotopic (exact) mass is 408 g/mol. The normalized spacial score (nSPS) is 10.8. The van der Waals surface area contributed by atoms with Gasteiger partial charge in [0.15, 0.2) is 18.1 Å². The van der Waals surface area contributed by atoms with Crippen molar-refractivity contribution in [2.75, 3.05) is 13.7 Å². The summed E-state index contributed by atoms with van der Waals surface area (Å²) in [7, 11) is 1.48. The van der Waals surface area contributed by atoms with Crippen LogP contribution in [0.5, 0.6) is 17.2 Å². The van der Waals surface area contributed by atoms with Crippen molar-refractivity contribution in [2.24, 2.45) is 0 Å². The van der Waals surface area contributed by atoms with E-state index in [0.717, 1.165) is 24.8 Å². The Morgan fingerprint density at radius 2 is 1.38 bits per heavy atom. The van der Waals surface area contributed by atoms with Crippen molar-refractivity contribution in [2.45, 2.75) is 96.8 Å². The fourth-order valence-corrected chi connectivity index (χ4v) is 3.61. The highest BCUT2D eigenvalue weighted by Gasteiger charge is 2.14. The average Bonchev–Trinajstić information content (AvgIpc) is 2.70. The largest absolute Gasteiger partial charge is 0.508 e. The summed E-state index contributed by atoms with van der Waals surface area (Å²) in [5.41, 5.74) is 0.797. The van der Waals surface area contributed by atoms with Crippen molar-refractivity contribution in [3.8, 4) is 17.2 Å². The number of aryl methyl sites for hydroxylation is 1. The molecule has 1 aromatic rings. The minimum atomic E-state index is -1.04. The first-order chi connectivity index (χ1) is 14.1. The first-order valence-electron chi connectivity index (χ1n) is 11.3. The number of ether oxygens (including phenoxy) is 2. The molecule has 29 heavy (non-hydrogen) atoms. The molecule has 2 N–H and O–H groups in total. The Hall–Kier alpha value is -1.91. The van der Waals surface area contributed by atoms with Crippen LogP contribution in [0.3, 0.4) is 0 Å². The number of benzene rings is 1. The van der Waals surface area contributed by atoms with E-state index >= 15 is 0 Å². The minimum Gasteiger partial charge on any atom is -0.508 e. The number of unbranched alkanes of at least 4 members (excludes halogenated alkanes) is 12. The highest BCUT2D eigenvalue weighted by Crippen LogP contribution is 2.36. The fraction of sp³-hybridized carbons (Fsp3) is 0.708. The summed E-state index contributed by atoms with van der Waals surface area (Å²) in [6, 6.07) is 3.09. The molecule has 0 radical (unpaired) electrons. The lowest BCUT2D eigenvalue weighted by molar-refractivity contribution is -0.139. The van der Waals surface area contributed by atoms with Gasteiger partial charge in [0.05, 0.1) is 7.11 Å². The summed E-state index contributed by atoms with van der Waals surface area (Å²) in [5.74, 6) is -0.135. The second-order valence-corrected chi connectivity index (χ2v) is 7.81. The Morgan fingerprint density at radius 3 is 1.86 bits per heavy atom. The zero-order chi connectivity index (χ0) is 21.3. The smallest absolute Gasteiger partial charge is 0.341 e. The molecule has 0 heterocycles. The summed E-state index contributed by atoms with van der Waals surface area (Å²) in [5, 5.41) is 18.7. The summed E-state index contributed by atoms with van der Waals surface area (Å²) >= 11 is 0. The van der Waals surface area contributed by atoms with E-state index < -0.39 is 12.6 Å². The van der Waals surface area contributed by atoms with Gasteiger partial charge in [0.1, 0.15) is 5.75 Å². The van der Waals surface area contributed by atoms with Crippen LogP contribution < -0.4 is 9.47 Å². The van der Waals surface area contributed by atoms with E-state index in [0.29, 0.717) is 11.5 Å². The number of phenols is 1. The molecule has 5 nitrogen and oxygen atoms in total. The molecule has 0 fully saturated rings. The number of methoxy groups -OCH3 is 1. The highest BCUT2D eigenvalue weighted by molar-refractivity contribution is 5.69. The van der Waals surface area contributed by atoms with Crippen LogP contribution >= 0.6 is 0 Å². The number of aromatic hydroxyl groups is 1. The van der Waals surface area contributed by atoms with Gasteiger partial charge in [0.25, 0.3) is 0 Å². The predicted octanol–water partition coefficient (Wildman–Crippen LogP) is 6.50. The van der Waals surface area contributed by atoms with E-state index in [2.05, 4.69) is 6.92 Å². The third-order valence-electron chi connectivity index (χ3n) is 5.23. The molecule has 0 saturated heterocycles. The second kappa shape index (κ2) is 15.9. The maximum Gasteiger partial charge on any atom is 0.341 e. The van der Waals surface area contributed by atoms with E-state index in [1.165, 1.54) is 83.8 Å². The van der Waals surface area contributed by atoms with Crippen molar-refractivity contribution in [1.82, 2.24) is 0 Å². The zero-order valence-electron chi connectivity index (χ0n) is 18.4. The number of carboxylic acids is 1. The van der Waals surface area contributed by atoms with Gasteiger partial charge in [-0.15, -0.1) is 0 Å². The highest BCUT2D eigenvalue weighted by atomic mass is 16.5. The molecule has 0 aliphatic rings. The predicted molar refractivity (Wildman–Crippen MR) is 117 cm³/mol. The van der Waals surface area contributed by atoms with E-state index in [1.54, 1.807) is 6.07 Å². The molecule has 0 unspecified atom stereocenters. The lowest BCUT2D eigenvalue weighted by atomic mass is 10.0. The van der Waals surface area contributed by atoms with Gasteiger partial charge in [-0.25, -0.2) is 4.79 Å². The van der Waals surface area contributed by atoms with Crippen LogP contribution in [-0.4, -0.2) is 29.9 Å². The van der Waals surface area contributed by atoms with E-state index in [-0.39, 0.29) is 5.75 Å². The molecule has 0 aromatic heterocycles. The van der Waals surface area contributed by atoms with E-state index in [9.17, 15) is 9.90 Å². The molecule has 0 bridgehead atoms. The maximum atomic E-state index is 10.8. The van der Waals surface area contributed by atoms with Gasteiger partial charge in [-0.2, -0.15) is 0 Å². The Labute approximate surface area is 176 Å². The lowest BCUT2D eigenvalue weighted by Gasteiger charge is -2.15. The molecule has 0 atom stereocenters. The van der Waals surface area contributed by atoms with Crippen molar-refractivity contribution < 1.29 is 24.5 Å². The molecule has 0 amide bonds. The first kappa shape index (κ1) is 25.1. The lowest BCUT2D eigenvalue weighted by Crippen LogP contribution is -2.11. The first-order valence-corrected chi connectivity index (χ1v) is 11.3. The Bertz CT molecular complexity index is 571. The molecule has 0 saturated carbocycles. The van der Waals surface area contributed by atoms with E-state index in [4.69, 9.17) is 14.6 Å². The van der Waals surface area contributed by atoms with Crippen LogP contribution in [0.2, 0.25) is 0 Å². The van der Waals surface area contributed by atoms with Crippen LogP contribution in [0.25, 0.3) is 0 Å². The molecule has 0 spiro atoms. The Balaban J connectivity index is 2.22. The Kier molecular flexibility index (Phi) is 13.8. The zero-order valence-corrected chi connectivity index (χ0v) is 18.4. The summed E-state index contributed by atoms with van der Waals surface area (Å²) in [6.45, 7) is 1.83. The topological polar surface area (TPSA) is 76.0 Å². The second-order valence-electron chi connectivity index (χ2n) is 7.81. The van der Waals surface area contributed by atoms with Crippen molar-refractivity contribution in [3.05, 3.63) is 17.7 Å². The van der Waals surface area contributed by atoms with E-state index in [1.807, 2.05) is 0 Å². The van der Waals surface area contributed by atoms with Gasteiger partial charge >= 0.3 is 5.97 Å². The summed E-state index contributed by atoms with van der Waals surface area (Å²) < 4.78 is 10.6. The van der Waals surface area contributed by atoms with Crippen LogP contribution in [-0.2, 0) is 11.2 Å². The molecule has 0 aliphatic heterocycles. The number of hydrogen-bond acceptors (Lipinski definition) is 4. The third kappa shape index (κ3) is 11.6. The molecule has 5 heteroatoms. The number of carbonyl (C=O) groups is 1. The van der Waals surface area contributed by atoms with Crippen molar-refractivity contribution in [3.63, 3.8) is 0 Å². The van der Waals surface area contributed by atoms with Gasteiger partial charge < -0.3 is 19.7 Å². The molecular formula is C24H40O5. The summed E-state index contributed by atoms with van der Waals surface area (Å²) in [6.07, 6.45) is 17.6. The molecule has 1 aromatic carbocycles. The van der Waals surface area contributed by atoms with Crippen LogP contribution in [0.15, 0.2) is 12.1 Å². The SMILES string of the molecule is CCCCCCCCCCCCCCCc1cc(O)cc(OC)c1OCC(=O)O. The van der Waals surface area contributed by atoms with Crippen molar-refractivity contribution in [1.29, 1.82) is 0 Å². The standard InChI is InChI=1S/C24H40O5/c1-3-4-5-6-7-8-9-10-11-12-13-14-15-16-20-17-21(25)18-22(28-2)24(20)29-19-23(26)27/h17-18,25H,3-16,19H2,1-2H3,(H,26,27). The van der Waals surface area contributed by atoms with Gasteiger partial charge in [-0.1, -0.05) is 84.0 Å². The fourth-order valence-electron chi connectivity index (χ4n) is 3.61. The quantitative estimate of drug-likeness (QED) is 0.271. The average molecular weight is 409 g/mol. The summed E-state index contributed by atoms with van der Waals surface area (Å²) in [4.78, 5) is 10.8. The van der Waals surface area contributed by atoms with Crippen LogP contribution in [0.1, 0.15) is 96.0 Å². The molecule has 166 valence electrons. The number of phenolic OH excluding ortho intramolecular Hbond substituents is 1. The molecule has 0 aliphatic carbocycles. The van der Waals surface area contributed by atoms with Gasteiger partial charge in [-0.05, 0) is 18.9 Å². The maximum absolute atomic E-state index is 10.8. The van der Waals surface area contributed by atoms with Gasteiger partial charge in [-0.3, -0.25) is 0 Å². The van der Waals surface area contributed by atoms with Crippen LogP contribution in [0, 0.1) is 0 Å². The van der Waals surface area contributed by atoms with Gasteiger partial charge in [0.2, 0.25) is 0 Å². The number of hydrogen-bond donors (Lipinski definition) is 2. The number of aliphatic carboxylic acids is 1. The molecule has 1 rings (SSSR count).